The van der Waals surface area contributed by atoms with E-state index < -0.39 is 0 Å². The predicted molar refractivity (Wildman–Crippen MR) is 110 cm³/mol. The molecule has 26 heavy (non-hydrogen) atoms. The molecule has 1 aliphatic carbocycles. The number of anilines is 1. The van der Waals surface area contributed by atoms with Crippen molar-refractivity contribution in [1.29, 1.82) is 0 Å². The van der Waals surface area contributed by atoms with E-state index in [1.54, 1.807) is 0 Å². The molecule has 1 saturated carbocycles. The summed E-state index contributed by atoms with van der Waals surface area (Å²) in [7, 11) is 2.26. The quantitative estimate of drug-likeness (QED) is 0.876. The molecule has 3 aliphatic rings. The van der Waals surface area contributed by atoms with E-state index in [0.717, 1.165) is 6.54 Å². The van der Waals surface area contributed by atoms with Crippen molar-refractivity contribution in [2.45, 2.75) is 50.1 Å². The van der Waals surface area contributed by atoms with Gasteiger partial charge in [0.1, 0.15) is 0 Å². The second kappa shape index (κ2) is 8.28. The van der Waals surface area contributed by atoms with Crippen molar-refractivity contribution in [3.05, 3.63) is 30.3 Å². The first-order valence-electron chi connectivity index (χ1n) is 10.7. The van der Waals surface area contributed by atoms with Crippen molar-refractivity contribution in [3.63, 3.8) is 0 Å². The van der Waals surface area contributed by atoms with Gasteiger partial charge in [-0.25, -0.2) is 0 Å². The lowest BCUT2D eigenvalue weighted by molar-refractivity contribution is 0.0124. The second-order valence-electron chi connectivity index (χ2n) is 8.72. The fourth-order valence-electron chi connectivity index (χ4n) is 5.23. The summed E-state index contributed by atoms with van der Waals surface area (Å²) >= 11 is 0. The summed E-state index contributed by atoms with van der Waals surface area (Å²) in [5.74, 6) is 0. The first-order chi connectivity index (χ1) is 12.8. The number of likely N-dealkylation sites (N-methyl/N-ethyl adjacent to an activating group) is 1. The van der Waals surface area contributed by atoms with Gasteiger partial charge in [-0.05, 0) is 38.4 Å². The summed E-state index contributed by atoms with van der Waals surface area (Å²) in [5, 5.41) is 4.00. The van der Waals surface area contributed by atoms with Crippen molar-refractivity contribution < 1.29 is 0 Å². The molecule has 0 amide bonds. The van der Waals surface area contributed by atoms with Crippen LogP contribution in [0.3, 0.4) is 0 Å². The normalized spacial score (nSPS) is 27.7. The zero-order valence-electron chi connectivity index (χ0n) is 16.5. The molecule has 4 heteroatoms. The Hall–Kier alpha value is -1.10. The lowest BCUT2D eigenvalue weighted by Crippen LogP contribution is -2.61. The fraction of sp³-hybridized carbons (Fsp3) is 0.727. The Morgan fingerprint density at radius 1 is 0.962 bits per heavy atom. The Balaban J connectivity index is 1.35. The number of rotatable bonds is 5. The van der Waals surface area contributed by atoms with Gasteiger partial charge in [0.2, 0.25) is 0 Å². The number of hydrogen-bond donors (Lipinski definition) is 1. The van der Waals surface area contributed by atoms with Gasteiger partial charge in [-0.15, -0.1) is 0 Å². The molecular formula is C22H36N4. The number of para-hydroxylation sites is 1. The zero-order valence-corrected chi connectivity index (χ0v) is 16.5. The number of hydrogen-bond acceptors (Lipinski definition) is 4. The third-order valence-electron chi connectivity index (χ3n) is 6.99. The molecule has 0 spiro atoms. The van der Waals surface area contributed by atoms with Crippen molar-refractivity contribution in [1.82, 2.24) is 15.1 Å². The number of benzene rings is 1. The molecule has 1 aromatic carbocycles. The number of nitrogens with zero attached hydrogens (tertiary/aromatic N) is 3. The summed E-state index contributed by atoms with van der Waals surface area (Å²) in [6, 6.07) is 11.5. The summed E-state index contributed by atoms with van der Waals surface area (Å²) in [4.78, 5) is 7.86. The second-order valence-corrected chi connectivity index (χ2v) is 8.72. The first-order valence-corrected chi connectivity index (χ1v) is 10.7. The molecular weight excluding hydrogens is 320 g/mol. The van der Waals surface area contributed by atoms with Gasteiger partial charge in [0, 0.05) is 63.1 Å². The molecule has 0 aromatic heterocycles. The van der Waals surface area contributed by atoms with Crippen LogP contribution in [0.25, 0.3) is 0 Å². The summed E-state index contributed by atoms with van der Waals surface area (Å²) in [5.41, 5.74) is 1.79. The smallest absolute Gasteiger partial charge is 0.0366 e. The third-order valence-corrected chi connectivity index (χ3v) is 6.99. The van der Waals surface area contributed by atoms with Crippen LogP contribution in [0.4, 0.5) is 5.69 Å². The van der Waals surface area contributed by atoms with Crippen molar-refractivity contribution in [2.24, 2.45) is 0 Å². The minimum atomic E-state index is 0.416. The highest BCUT2D eigenvalue weighted by Crippen LogP contribution is 2.34. The standard InChI is InChI=1S/C22H36N4/c1-24-14-16-26(17-15-24)22(11-6-3-7-12-22)19-23-20-10-13-25(18-20)21-8-4-2-5-9-21/h2,4-5,8-9,20,23H,3,6-7,10-19H2,1H3. The molecule has 4 rings (SSSR count). The third kappa shape index (κ3) is 4.08. The fourth-order valence-corrected chi connectivity index (χ4v) is 5.23. The van der Waals surface area contributed by atoms with Gasteiger partial charge in [0.25, 0.3) is 0 Å². The average molecular weight is 357 g/mol. The molecule has 1 unspecified atom stereocenters. The van der Waals surface area contributed by atoms with Crippen LogP contribution in [-0.2, 0) is 0 Å². The predicted octanol–water partition coefficient (Wildman–Crippen LogP) is 2.81. The highest BCUT2D eigenvalue weighted by atomic mass is 15.3. The Kier molecular flexibility index (Phi) is 5.82. The van der Waals surface area contributed by atoms with Gasteiger partial charge >= 0.3 is 0 Å². The van der Waals surface area contributed by atoms with E-state index in [9.17, 15) is 0 Å². The van der Waals surface area contributed by atoms with Gasteiger partial charge in [0.15, 0.2) is 0 Å². The van der Waals surface area contributed by atoms with Crippen LogP contribution in [0.5, 0.6) is 0 Å². The van der Waals surface area contributed by atoms with E-state index in [-0.39, 0.29) is 0 Å². The minimum absolute atomic E-state index is 0.416. The molecule has 2 saturated heterocycles. The highest BCUT2D eigenvalue weighted by molar-refractivity contribution is 5.47. The molecule has 0 radical (unpaired) electrons. The van der Waals surface area contributed by atoms with Crippen LogP contribution < -0.4 is 10.2 Å². The van der Waals surface area contributed by atoms with E-state index in [1.165, 1.54) is 83.5 Å². The lowest BCUT2D eigenvalue weighted by Gasteiger charge is -2.50. The molecule has 144 valence electrons. The zero-order chi connectivity index (χ0) is 17.8. The van der Waals surface area contributed by atoms with Gasteiger partial charge in [-0.3, -0.25) is 4.90 Å². The van der Waals surface area contributed by atoms with Gasteiger partial charge in [0.05, 0.1) is 0 Å². The molecule has 2 heterocycles. The number of nitrogens with one attached hydrogen (secondary N) is 1. The Morgan fingerprint density at radius 2 is 1.69 bits per heavy atom. The van der Waals surface area contributed by atoms with E-state index >= 15 is 0 Å². The molecule has 4 nitrogen and oxygen atoms in total. The van der Waals surface area contributed by atoms with Crippen molar-refractivity contribution in [3.8, 4) is 0 Å². The van der Waals surface area contributed by atoms with Gasteiger partial charge in [-0.1, -0.05) is 37.5 Å². The summed E-state index contributed by atoms with van der Waals surface area (Å²) in [6.07, 6.45) is 8.30. The largest absolute Gasteiger partial charge is 0.370 e. The Bertz CT molecular complexity index is 547. The molecule has 3 fully saturated rings. The molecule has 1 atom stereocenters. The van der Waals surface area contributed by atoms with Crippen molar-refractivity contribution >= 4 is 5.69 Å². The minimum Gasteiger partial charge on any atom is -0.370 e. The molecule has 0 bridgehead atoms. The molecule has 1 N–H and O–H groups in total. The van der Waals surface area contributed by atoms with Crippen LogP contribution >= 0.6 is 0 Å². The Morgan fingerprint density at radius 3 is 2.42 bits per heavy atom. The maximum absolute atomic E-state index is 4.00. The monoisotopic (exact) mass is 356 g/mol. The highest BCUT2D eigenvalue weighted by Gasteiger charge is 2.39. The topological polar surface area (TPSA) is 21.8 Å². The number of piperazine rings is 1. The summed E-state index contributed by atoms with van der Waals surface area (Å²) in [6.45, 7) is 8.48. The molecule has 2 aliphatic heterocycles. The van der Waals surface area contributed by atoms with Crippen LogP contribution in [-0.4, -0.2) is 74.2 Å². The van der Waals surface area contributed by atoms with Crippen LogP contribution in [0.15, 0.2) is 30.3 Å². The van der Waals surface area contributed by atoms with Gasteiger partial charge < -0.3 is 15.1 Å². The van der Waals surface area contributed by atoms with Crippen molar-refractivity contribution in [2.75, 3.05) is 57.8 Å². The van der Waals surface area contributed by atoms with Crippen LogP contribution in [0.1, 0.15) is 38.5 Å². The average Bonchev–Trinajstić information content (AvgIpc) is 3.18. The van der Waals surface area contributed by atoms with Gasteiger partial charge in [-0.2, -0.15) is 0 Å². The van der Waals surface area contributed by atoms with E-state index in [1.807, 2.05) is 0 Å². The maximum atomic E-state index is 4.00. The molecule has 1 aromatic rings. The van der Waals surface area contributed by atoms with E-state index in [2.05, 4.69) is 57.4 Å². The van der Waals surface area contributed by atoms with E-state index in [4.69, 9.17) is 0 Å². The van der Waals surface area contributed by atoms with Crippen LogP contribution in [0.2, 0.25) is 0 Å². The SMILES string of the molecule is CN1CCN(C2(CNC3CCN(c4ccccc4)C3)CCCCC2)CC1. The maximum Gasteiger partial charge on any atom is 0.0366 e. The van der Waals surface area contributed by atoms with E-state index in [0.29, 0.717) is 11.6 Å². The lowest BCUT2D eigenvalue weighted by atomic mass is 9.79. The van der Waals surface area contributed by atoms with Crippen LogP contribution in [0, 0.1) is 0 Å². The first kappa shape index (κ1) is 18.3. The Labute approximate surface area is 159 Å². The summed E-state index contributed by atoms with van der Waals surface area (Å²) < 4.78 is 0.